The first-order valence-electron chi connectivity index (χ1n) is 5.98. The lowest BCUT2D eigenvalue weighted by atomic mass is 10.2. The SMILES string of the molecule is Cc1cccc(OCc2ncc(CCC(=O)O)s2)c1. The standard InChI is InChI=1S/C14H15NO3S/c1-10-3-2-4-11(7-10)18-9-13-15-8-12(19-13)5-6-14(16)17/h2-4,7-8H,5-6,9H2,1H3,(H,16,17). The van der Waals surface area contributed by atoms with Gasteiger partial charge < -0.3 is 9.84 Å². The molecule has 0 spiro atoms. The van der Waals surface area contributed by atoms with E-state index in [-0.39, 0.29) is 6.42 Å². The maximum atomic E-state index is 10.5. The molecule has 0 saturated carbocycles. The second-order valence-electron chi connectivity index (χ2n) is 4.22. The Kier molecular flexibility index (Phi) is 4.52. The molecule has 0 aliphatic rings. The molecule has 1 N–H and O–H groups in total. The lowest BCUT2D eigenvalue weighted by Crippen LogP contribution is -1.95. The first-order valence-corrected chi connectivity index (χ1v) is 6.80. The zero-order valence-electron chi connectivity index (χ0n) is 10.6. The van der Waals surface area contributed by atoms with Gasteiger partial charge in [-0.25, -0.2) is 4.98 Å². The number of thiazole rings is 1. The van der Waals surface area contributed by atoms with Gasteiger partial charge >= 0.3 is 5.97 Å². The number of carbonyl (C=O) groups is 1. The maximum Gasteiger partial charge on any atom is 0.303 e. The largest absolute Gasteiger partial charge is 0.486 e. The van der Waals surface area contributed by atoms with Crippen LogP contribution in [0.1, 0.15) is 21.9 Å². The molecule has 1 heterocycles. The van der Waals surface area contributed by atoms with Crippen LogP contribution in [-0.2, 0) is 17.8 Å². The van der Waals surface area contributed by atoms with Crippen molar-refractivity contribution in [2.24, 2.45) is 0 Å². The van der Waals surface area contributed by atoms with Crippen LogP contribution < -0.4 is 4.74 Å². The van der Waals surface area contributed by atoms with Crippen molar-refractivity contribution in [3.8, 4) is 5.75 Å². The molecule has 2 aromatic rings. The van der Waals surface area contributed by atoms with Gasteiger partial charge in [0.1, 0.15) is 17.4 Å². The van der Waals surface area contributed by atoms with Gasteiger partial charge in [-0.05, 0) is 31.0 Å². The summed E-state index contributed by atoms with van der Waals surface area (Å²) in [5.41, 5.74) is 1.15. The minimum absolute atomic E-state index is 0.139. The summed E-state index contributed by atoms with van der Waals surface area (Å²) < 4.78 is 5.64. The zero-order valence-corrected chi connectivity index (χ0v) is 11.4. The molecule has 0 aliphatic carbocycles. The number of hydrogen-bond acceptors (Lipinski definition) is 4. The molecule has 0 bridgehead atoms. The highest BCUT2D eigenvalue weighted by molar-refractivity contribution is 7.11. The normalized spacial score (nSPS) is 10.4. The second kappa shape index (κ2) is 6.33. The number of carboxylic acids is 1. The first kappa shape index (κ1) is 13.5. The Bertz CT molecular complexity index is 565. The minimum Gasteiger partial charge on any atom is -0.486 e. The van der Waals surface area contributed by atoms with Gasteiger partial charge in [0.15, 0.2) is 0 Å². The van der Waals surface area contributed by atoms with Crippen molar-refractivity contribution >= 4 is 17.3 Å². The van der Waals surface area contributed by atoms with E-state index < -0.39 is 5.97 Å². The third kappa shape index (κ3) is 4.37. The van der Waals surface area contributed by atoms with E-state index in [0.717, 1.165) is 21.2 Å². The Morgan fingerprint density at radius 1 is 1.47 bits per heavy atom. The fraction of sp³-hybridized carbons (Fsp3) is 0.286. The lowest BCUT2D eigenvalue weighted by Gasteiger charge is -2.04. The van der Waals surface area contributed by atoms with Gasteiger partial charge in [-0.3, -0.25) is 4.79 Å². The van der Waals surface area contributed by atoms with Crippen LogP contribution >= 0.6 is 11.3 Å². The maximum absolute atomic E-state index is 10.5. The summed E-state index contributed by atoms with van der Waals surface area (Å²) in [7, 11) is 0. The Labute approximate surface area is 115 Å². The Morgan fingerprint density at radius 3 is 3.05 bits per heavy atom. The number of benzene rings is 1. The highest BCUT2D eigenvalue weighted by Crippen LogP contribution is 2.18. The molecule has 1 aromatic heterocycles. The van der Waals surface area contributed by atoms with Crippen molar-refractivity contribution < 1.29 is 14.6 Å². The fourth-order valence-corrected chi connectivity index (χ4v) is 2.45. The number of aryl methyl sites for hydroxylation is 2. The molecule has 5 heteroatoms. The molecule has 0 fully saturated rings. The summed E-state index contributed by atoms with van der Waals surface area (Å²) in [6, 6.07) is 7.84. The van der Waals surface area contributed by atoms with Crippen molar-refractivity contribution in [3.63, 3.8) is 0 Å². The van der Waals surface area contributed by atoms with E-state index in [1.807, 2.05) is 31.2 Å². The van der Waals surface area contributed by atoms with Crippen LogP contribution in [0.5, 0.6) is 5.75 Å². The molecule has 0 unspecified atom stereocenters. The van der Waals surface area contributed by atoms with Crippen LogP contribution in [0.3, 0.4) is 0 Å². The highest BCUT2D eigenvalue weighted by Gasteiger charge is 2.05. The monoisotopic (exact) mass is 277 g/mol. The van der Waals surface area contributed by atoms with Crippen LogP contribution in [-0.4, -0.2) is 16.1 Å². The van der Waals surface area contributed by atoms with Crippen LogP contribution in [0.25, 0.3) is 0 Å². The molecule has 19 heavy (non-hydrogen) atoms. The molecular weight excluding hydrogens is 262 g/mol. The van der Waals surface area contributed by atoms with E-state index in [1.165, 1.54) is 11.3 Å². The summed E-state index contributed by atoms with van der Waals surface area (Å²) in [5, 5.41) is 9.48. The number of nitrogens with zero attached hydrogens (tertiary/aromatic N) is 1. The topological polar surface area (TPSA) is 59.4 Å². The molecular formula is C14H15NO3S. The van der Waals surface area contributed by atoms with Gasteiger partial charge in [-0.15, -0.1) is 11.3 Å². The van der Waals surface area contributed by atoms with Gasteiger partial charge in [0.05, 0.1) is 6.42 Å². The molecule has 1 aromatic carbocycles. The van der Waals surface area contributed by atoms with Crippen LogP contribution in [0.15, 0.2) is 30.5 Å². The molecule has 0 radical (unpaired) electrons. The number of hydrogen-bond donors (Lipinski definition) is 1. The fourth-order valence-electron chi connectivity index (χ4n) is 1.61. The number of carboxylic acid groups (broad SMARTS) is 1. The summed E-state index contributed by atoms with van der Waals surface area (Å²) in [5.74, 6) is 0.0354. The molecule has 0 aliphatic heterocycles. The average Bonchev–Trinajstić information content (AvgIpc) is 2.82. The minimum atomic E-state index is -0.786. The number of aliphatic carboxylic acids is 1. The van der Waals surface area contributed by atoms with Crippen molar-refractivity contribution in [2.75, 3.05) is 0 Å². The van der Waals surface area contributed by atoms with Gasteiger partial charge in [0.2, 0.25) is 0 Å². The molecule has 0 amide bonds. The number of aromatic nitrogens is 1. The van der Waals surface area contributed by atoms with Crippen molar-refractivity contribution in [1.29, 1.82) is 0 Å². The zero-order chi connectivity index (χ0) is 13.7. The molecule has 0 atom stereocenters. The molecule has 0 saturated heterocycles. The summed E-state index contributed by atoms with van der Waals surface area (Å²) in [6.07, 6.45) is 2.39. The van der Waals surface area contributed by atoms with Crippen LogP contribution in [0.4, 0.5) is 0 Å². The summed E-state index contributed by atoms with van der Waals surface area (Å²) in [6.45, 7) is 2.43. The highest BCUT2D eigenvalue weighted by atomic mass is 32.1. The Hall–Kier alpha value is -1.88. The quantitative estimate of drug-likeness (QED) is 0.881. The summed E-state index contributed by atoms with van der Waals surface area (Å²) >= 11 is 1.50. The van der Waals surface area contributed by atoms with Gasteiger partial charge in [-0.1, -0.05) is 12.1 Å². The number of ether oxygens (including phenoxy) is 1. The first-order chi connectivity index (χ1) is 9.13. The van der Waals surface area contributed by atoms with E-state index in [4.69, 9.17) is 9.84 Å². The second-order valence-corrected chi connectivity index (χ2v) is 5.42. The molecule has 100 valence electrons. The smallest absolute Gasteiger partial charge is 0.303 e. The van der Waals surface area contributed by atoms with E-state index >= 15 is 0 Å². The van der Waals surface area contributed by atoms with Crippen molar-refractivity contribution in [2.45, 2.75) is 26.4 Å². The predicted molar refractivity (Wildman–Crippen MR) is 73.6 cm³/mol. The number of rotatable bonds is 6. The predicted octanol–water partition coefficient (Wildman–Crippen LogP) is 3.05. The van der Waals surface area contributed by atoms with Crippen molar-refractivity contribution in [3.05, 3.63) is 45.9 Å². The van der Waals surface area contributed by atoms with E-state index in [0.29, 0.717) is 13.0 Å². The van der Waals surface area contributed by atoms with Crippen LogP contribution in [0.2, 0.25) is 0 Å². The van der Waals surface area contributed by atoms with E-state index in [2.05, 4.69) is 4.98 Å². The van der Waals surface area contributed by atoms with Gasteiger partial charge in [0, 0.05) is 11.1 Å². The van der Waals surface area contributed by atoms with E-state index in [1.54, 1.807) is 6.20 Å². The van der Waals surface area contributed by atoms with Crippen molar-refractivity contribution in [1.82, 2.24) is 4.98 Å². The van der Waals surface area contributed by atoms with Gasteiger partial charge in [0.25, 0.3) is 0 Å². The summed E-state index contributed by atoms with van der Waals surface area (Å²) in [4.78, 5) is 15.7. The third-order valence-electron chi connectivity index (χ3n) is 2.54. The van der Waals surface area contributed by atoms with Crippen LogP contribution in [0, 0.1) is 6.92 Å². The third-order valence-corrected chi connectivity index (χ3v) is 3.57. The Balaban J connectivity index is 1.88. The molecule has 2 rings (SSSR count). The van der Waals surface area contributed by atoms with E-state index in [9.17, 15) is 4.79 Å². The Morgan fingerprint density at radius 2 is 2.32 bits per heavy atom. The lowest BCUT2D eigenvalue weighted by molar-refractivity contribution is -0.136. The molecule has 4 nitrogen and oxygen atoms in total. The average molecular weight is 277 g/mol. The van der Waals surface area contributed by atoms with Gasteiger partial charge in [-0.2, -0.15) is 0 Å².